The van der Waals surface area contributed by atoms with Gasteiger partial charge in [-0.25, -0.2) is 9.97 Å². The summed E-state index contributed by atoms with van der Waals surface area (Å²) in [5.74, 6) is 1.37. The van der Waals surface area contributed by atoms with Crippen LogP contribution in [0.15, 0.2) is 24.5 Å². The maximum absolute atomic E-state index is 11.0. The molecule has 0 aromatic carbocycles. The monoisotopic (exact) mass is 275 g/mol. The van der Waals surface area contributed by atoms with Gasteiger partial charge in [-0.05, 0) is 13.8 Å². The highest BCUT2D eigenvalue weighted by Crippen LogP contribution is 2.19. The average molecular weight is 275 g/mol. The Morgan fingerprint density at radius 1 is 1.40 bits per heavy atom. The molecule has 0 radical (unpaired) electrons. The van der Waals surface area contributed by atoms with E-state index < -0.39 is 4.92 Å². The maximum atomic E-state index is 11.0. The Bertz CT molecular complexity index is 609. The number of nitrogens with one attached hydrogen (secondary N) is 1. The molecule has 0 unspecified atom stereocenters. The van der Waals surface area contributed by atoms with E-state index in [9.17, 15) is 10.1 Å². The quantitative estimate of drug-likeness (QED) is 0.645. The normalized spacial score (nSPS) is 10.5. The van der Waals surface area contributed by atoms with Gasteiger partial charge in [0.15, 0.2) is 0 Å². The zero-order valence-corrected chi connectivity index (χ0v) is 11.5. The molecule has 0 bridgehead atoms. The number of imidazole rings is 1. The lowest BCUT2D eigenvalue weighted by Gasteiger charge is -2.07. The van der Waals surface area contributed by atoms with E-state index in [0.717, 1.165) is 12.4 Å². The van der Waals surface area contributed by atoms with Gasteiger partial charge in [0.25, 0.3) is 5.69 Å². The second kappa shape index (κ2) is 6.14. The van der Waals surface area contributed by atoms with Crippen molar-refractivity contribution in [3.8, 4) is 0 Å². The van der Waals surface area contributed by atoms with Crippen molar-refractivity contribution in [1.82, 2.24) is 14.5 Å². The molecule has 0 atom stereocenters. The SMILES string of the molecule is CCNc1cc([N+](=O)[O-])cc(Cc2nccn2CC)n1. The minimum Gasteiger partial charge on any atom is -0.370 e. The van der Waals surface area contributed by atoms with Crippen LogP contribution in [0, 0.1) is 10.1 Å². The Kier molecular flexibility index (Phi) is 4.29. The van der Waals surface area contributed by atoms with Crippen molar-refractivity contribution in [3.63, 3.8) is 0 Å². The van der Waals surface area contributed by atoms with Crippen molar-refractivity contribution >= 4 is 11.5 Å². The highest BCUT2D eigenvalue weighted by molar-refractivity contribution is 5.46. The lowest BCUT2D eigenvalue weighted by atomic mass is 10.2. The molecule has 0 aliphatic heterocycles. The summed E-state index contributed by atoms with van der Waals surface area (Å²) in [7, 11) is 0. The molecule has 0 aliphatic rings. The van der Waals surface area contributed by atoms with Crippen LogP contribution in [0.4, 0.5) is 11.5 Å². The van der Waals surface area contributed by atoms with Crippen LogP contribution in [-0.4, -0.2) is 26.0 Å². The molecule has 0 fully saturated rings. The minimum atomic E-state index is -0.404. The second-order valence-corrected chi connectivity index (χ2v) is 4.30. The fraction of sp³-hybridized carbons (Fsp3) is 0.385. The second-order valence-electron chi connectivity index (χ2n) is 4.30. The first kappa shape index (κ1) is 14.0. The van der Waals surface area contributed by atoms with E-state index in [1.807, 2.05) is 24.6 Å². The lowest BCUT2D eigenvalue weighted by molar-refractivity contribution is -0.384. The van der Waals surface area contributed by atoms with Crippen LogP contribution in [0.5, 0.6) is 0 Å². The number of pyridine rings is 1. The van der Waals surface area contributed by atoms with Gasteiger partial charge in [0, 0.05) is 38.0 Å². The average Bonchev–Trinajstić information content (AvgIpc) is 2.86. The molecule has 0 aliphatic carbocycles. The molecule has 2 heterocycles. The van der Waals surface area contributed by atoms with E-state index in [1.165, 1.54) is 12.1 Å². The summed E-state index contributed by atoms with van der Waals surface area (Å²) >= 11 is 0. The van der Waals surface area contributed by atoms with Crippen LogP contribution >= 0.6 is 0 Å². The van der Waals surface area contributed by atoms with E-state index in [-0.39, 0.29) is 5.69 Å². The summed E-state index contributed by atoms with van der Waals surface area (Å²) in [4.78, 5) is 19.2. The highest BCUT2D eigenvalue weighted by atomic mass is 16.6. The predicted octanol–water partition coefficient (Wildman–Crippen LogP) is 2.23. The predicted molar refractivity (Wildman–Crippen MR) is 75.8 cm³/mol. The first-order chi connectivity index (χ1) is 9.63. The van der Waals surface area contributed by atoms with Crippen LogP contribution < -0.4 is 5.32 Å². The number of hydrogen-bond donors (Lipinski definition) is 1. The number of hydrogen-bond acceptors (Lipinski definition) is 5. The van der Waals surface area contributed by atoms with Crippen LogP contribution in [0.1, 0.15) is 25.4 Å². The largest absolute Gasteiger partial charge is 0.370 e. The fourth-order valence-corrected chi connectivity index (χ4v) is 2.00. The molecule has 0 saturated carbocycles. The van der Waals surface area contributed by atoms with Crippen molar-refractivity contribution in [1.29, 1.82) is 0 Å². The number of aromatic nitrogens is 3. The van der Waals surface area contributed by atoms with Gasteiger partial charge in [-0.3, -0.25) is 10.1 Å². The summed E-state index contributed by atoms with van der Waals surface area (Å²) in [6.07, 6.45) is 4.08. The minimum absolute atomic E-state index is 0.0422. The Morgan fingerprint density at radius 2 is 2.20 bits per heavy atom. The van der Waals surface area contributed by atoms with Crippen molar-refractivity contribution in [2.24, 2.45) is 0 Å². The summed E-state index contributed by atoms with van der Waals surface area (Å²) in [5.41, 5.74) is 0.677. The topological polar surface area (TPSA) is 85.9 Å². The third-order valence-corrected chi connectivity index (χ3v) is 2.91. The van der Waals surface area contributed by atoms with E-state index in [0.29, 0.717) is 24.5 Å². The Labute approximate surface area is 116 Å². The molecular weight excluding hydrogens is 258 g/mol. The smallest absolute Gasteiger partial charge is 0.274 e. The van der Waals surface area contributed by atoms with Gasteiger partial charge in [0.1, 0.15) is 11.6 Å². The molecule has 0 spiro atoms. The highest BCUT2D eigenvalue weighted by Gasteiger charge is 2.13. The van der Waals surface area contributed by atoms with Gasteiger partial charge >= 0.3 is 0 Å². The van der Waals surface area contributed by atoms with Crippen LogP contribution in [0.3, 0.4) is 0 Å². The molecule has 0 amide bonds. The van der Waals surface area contributed by atoms with Crippen molar-refractivity contribution in [3.05, 3.63) is 46.2 Å². The van der Waals surface area contributed by atoms with Gasteiger partial charge < -0.3 is 9.88 Å². The lowest BCUT2D eigenvalue weighted by Crippen LogP contribution is -2.06. The van der Waals surface area contributed by atoms with Crippen LogP contribution in [0.25, 0.3) is 0 Å². The molecule has 0 saturated heterocycles. The Hall–Kier alpha value is -2.44. The third kappa shape index (κ3) is 3.11. The van der Waals surface area contributed by atoms with Gasteiger partial charge in [0.05, 0.1) is 16.7 Å². The van der Waals surface area contributed by atoms with Crippen LogP contribution in [-0.2, 0) is 13.0 Å². The maximum Gasteiger partial charge on any atom is 0.274 e. The summed E-state index contributed by atoms with van der Waals surface area (Å²) in [6.45, 7) is 5.42. The summed E-state index contributed by atoms with van der Waals surface area (Å²) in [6, 6.07) is 2.94. The number of aryl methyl sites for hydroxylation is 1. The first-order valence-corrected chi connectivity index (χ1v) is 6.53. The van der Waals surface area contributed by atoms with E-state index >= 15 is 0 Å². The van der Waals surface area contributed by atoms with Crippen molar-refractivity contribution in [2.45, 2.75) is 26.8 Å². The Morgan fingerprint density at radius 3 is 2.85 bits per heavy atom. The van der Waals surface area contributed by atoms with E-state index in [4.69, 9.17) is 0 Å². The summed E-state index contributed by atoms with van der Waals surface area (Å²) in [5, 5.41) is 14.0. The van der Waals surface area contributed by atoms with E-state index in [1.54, 1.807) is 6.20 Å². The zero-order valence-electron chi connectivity index (χ0n) is 11.5. The third-order valence-electron chi connectivity index (χ3n) is 2.91. The summed E-state index contributed by atoms with van der Waals surface area (Å²) < 4.78 is 1.99. The number of anilines is 1. The fourth-order valence-electron chi connectivity index (χ4n) is 2.00. The van der Waals surface area contributed by atoms with Crippen molar-refractivity contribution < 1.29 is 4.92 Å². The molecule has 106 valence electrons. The van der Waals surface area contributed by atoms with Crippen LogP contribution in [0.2, 0.25) is 0 Å². The molecule has 7 nitrogen and oxygen atoms in total. The standard InChI is InChI=1S/C13H17N5O2/c1-3-14-12-9-11(18(19)20)7-10(16-12)8-13-15-5-6-17(13)4-2/h5-7,9H,3-4,8H2,1-2H3,(H,14,16). The van der Waals surface area contributed by atoms with Gasteiger partial charge in [-0.15, -0.1) is 0 Å². The molecule has 2 aromatic rings. The van der Waals surface area contributed by atoms with Gasteiger partial charge in [-0.1, -0.05) is 0 Å². The van der Waals surface area contributed by atoms with Crippen molar-refractivity contribution in [2.75, 3.05) is 11.9 Å². The number of rotatable bonds is 6. The zero-order chi connectivity index (χ0) is 14.5. The molecule has 1 N–H and O–H groups in total. The molecule has 2 aromatic heterocycles. The number of nitro groups is 1. The molecular formula is C13H17N5O2. The molecule has 2 rings (SSSR count). The molecule has 7 heteroatoms. The van der Waals surface area contributed by atoms with Gasteiger partial charge in [0.2, 0.25) is 0 Å². The van der Waals surface area contributed by atoms with Gasteiger partial charge in [-0.2, -0.15) is 0 Å². The van der Waals surface area contributed by atoms with E-state index in [2.05, 4.69) is 15.3 Å². The Balaban J connectivity index is 2.32. The molecule has 20 heavy (non-hydrogen) atoms. The first-order valence-electron chi connectivity index (χ1n) is 6.53. The number of nitrogens with zero attached hydrogens (tertiary/aromatic N) is 4.